The number of aromatic nitrogens is 1. The normalized spacial score (nSPS) is 14.8. The molecule has 0 atom stereocenters. The molecule has 8 rings (SSSR count). The first kappa shape index (κ1) is 23.0. The fraction of sp³-hybridized carbons (Fsp3) is 0.0789. The van der Waals surface area contributed by atoms with E-state index in [9.17, 15) is 0 Å². The summed E-state index contributed by atoms with van der Waals surface area (Å²) in [6, 6.07) is 46.2. The predicted molar refractivity (Wildman–Crippen MR) is 167 cm³/mol. The largest absolute Gasteiger partial charge is 0.309 e. The Bertz CT molecular complexity index is 1970. The molecule has 2 nitrogen and oxygen atoms in total. The van der Waals surface area contributed by atoms with E-state index in [1.54, 1.807) is 0 Å². The van der Waals surface area contributed by atoms with Crippen molar-refractivity contribution in [1.29, 1.82) is 0 Å². The molecule has 0 N–H and O–H groups in total. The molecule has 0 unspecified atom stereocenters. The van der Waals surface area contributed by atoms with Gasteiger partial charge in [-0.05, 0) is 52.1 Å². The Morgan fingerprint density at radius 1 is 0.550 bits per heavy atom. The molecule has 2 heteroatoms. The summed E-state index contributed by atoms with van der Waals surface area (Å²) in [5.74, 6) is 0. The standard InChI is InChI=1S/C38H28N2/c1-38(2)33-18-7-5-16-32(33)37-35(38)31-15-4-3-13-29(31)30-14-6-8-19-34(30)40(37)27-22-20-25(21-23-27)28-17-9-11-26-12-10-24-39-36(26)28/h3-24H,1-2H3. The van der Waals surface area contributed by atoms with Gasteiger partial charge >= 0.3 is 0 Å². The van der Waals surface area contributed by atoms with Gasteiger partial charge in [0.05, 0.1) is 16.9 Å². The van der Waals surface area contributed by atoms with E-state index >= 15 is 0 Å². The van der Waals surface area contributed by atoms with Gasteiger partial charge in [-0.1, -0.05) is 117 Å². The van der Waals surface area contributed by atoms with Crippen LogP contribution in [0.3, 0.4) is 0 Å². The first-order valence-electron chi connectivity index (χ1n) is 13.9. The van der Waals surface area contributed by atoms with E-state index in [0.29, 0.717) is 0 Å². The maximum Gasteiger partial charge on any atom is 0.0780 e. The molecule has 0 amide bonds. The SMILES string of the molecule is CC1(C)C2=C(c3ccccc31)N(c1ccc(-c3cccc4cccnc34)cc1)c1ccccc1-c1ccccc12. The monoisotopic (exact) mass is 512 g/mol. The number of anilines is 2. The summed E-state index contributed by atoms with van der Waals surface area (Å²) in [6.07, 6.45) is 1.87. The minimum Gasteiger partial charge on any atom is -0.309 e. The molecule has 0 bridgehead atoms. The van der Waals surface area contributed by atoms with Crippen molar-refractivity contribution in [2.75, 3.05) is 4.90 Å². The second kappa shape index (κ2) is 8.53. The van der Waals surface area contributed by atoms with Gasteiger partial charge in [0.25, 0.3) is 0 Å². The van der Waals surface area contributed by atoms with Gasteiger partial charge in [0.2, 0.25) is 0 Å². The molecule has 0 saturated heterocycles. The molecular weight excluding hydrogens is 484 g/mol. The Morgan fingerprint density at radius 2 is 1.20 bits per heavy atom. The van der Waals surface area contributed by atoms with Crippen molar-refractivity contribution in [3.63, 3.8) is 0 Å². The lowest BCUT2D eigenvalue weighted by Gasteiger charge is -2.29. The van der Waals surface area contributed by atoms with Crippen LogP contribution in [0.1, 0.15) is 30.5 Å². The van der Waals surface area contributed by atoms with Crippen LogP contribution in [-0.2, 0) is 5.41 Å². The van der Waals surface area contributed by atoms with Gasteiger partial charge in [-0.25, -0.2) is 0 Å². The molecule has 6 aromatic rings. The first-order valence-corrected chi connectivity index (χ1v) is 13.9. The van der Waals surface area contributed by atoms with Gasteiger partial charge in [-0.15, -0.1) is 0 Å². The van der Waals surface area contributed by atoms with Gasteiger partial charge < -0.3 is 4.90 Å². The average Bonchev–Trinajstić information content (AvgIpc) is 3.15. The van der Waals surface area contributed by atoms with Crippen molar-refractivity contribution in [2.45, 2.75) is 19.3 Å². The first-order chi connectivity index (χ1) is 19.6. The maximum absolute atomic E-state index is 4.70. The quantitative estimate of drug-likeness (QED) is 0.229. The molecule has 2 heterocycles. The number of pyridine rings is 1. The summed E-state index contributed by atoms with van der Waals surface area (Å²) in [6.45, 7) is 4.74. The van der Waals surface area contributed by atoms with E-state index in [4.69, 9.17) is 4.98 Å². The molecule has 1 aliphatic heterocycles. The molecule has 0 radical (unpaired) electrons. The van der Waals surface area contributed by atoms with Crippen molar-refractivity contribution in [1.82, 2.24) is 4.98 Å². The van der Waals surface area contributed by atoms with Gasteiger partial charge in [0.15, 0.2) is 0 Å². The molecule has 40 heavy (non-hydrogen) atoms. The second-order valence-corrected chi connectivity index (χ2v) is 11.2. The Kier molecular flexibility index (Phi) is 4.90. The van der Waals surface area contributed by atoms with Crippen LogP contribution in [0.5, 0.6) is 0 Å². The summed E-state index contributed by atoms with van der Waals surface area (Å²) in [5.41, 5.74) is 14.7. The lowest BCUT2D eigenvalue weighted by atomic mass is 9.77. The highest BCUT2D eigenvalue weighted by Crippen LogP contribution is 2.58. The fourth-order valence-corrected chi connectivity index (χ4v) is 6.84. The number of benzene rings is 5. The van der Waals surface area contributed by atoms with Crippen LogP contribution in [0.2, 0.25) is 0 Å². The number of fused-ring (bicyclic) bond motifs is 7. The van der Waals surface area contributed by atoms with E-state index in [1.165, 1.54) is 50.3 Å². The second-order valence-electron chi connectivity index (χ2n) is 11.2. The molecule has 190 valence electrons. The number of rotatable bonds is 2. The minimum absolute atomic E-state index is 0.142. The smallest absolute Gasteiger partial charge is 0.0780 e. The number of allylic oxidation sites excluding steroid dienone is 1. The molecule has 0 spiro atoms. The van der Waals surface area contributed by atoms with E-state index in [1.807, 2.05) is 12.3 Å². The zero-order valence-electron chi connectivity index (χ0n) is 22.6. The minimum atomic E-state index is -0.142. The summed E-state index contributed by atoms with van der Waals surface area (Å²) in [4.78, 5) is 7.19. The molecule has 1 aromatic heterocycles. The van der Waals surface area contributed by atoms with Gasteiger partial charge in [-0.3, -0.25) is 4.98 Å². The van der Waals surface area contributed by atoms with Crippen molar-refractivity contribution in [3.8, 4) is 22.3 Å². The summed E-state index contributed by atoms with van der Waals surface area (Å²) < 4.78 is 0. The Morgan fingerprint density at radius 3 is 2.02 bits per heavy atom. The maximum atomic E-state index is 4.70. The number of nitrogens with zero attached hydrogens (tertiary/aromatic N) is 2. The van der Waals surface area contributed by atoms with Crippen LogP contribution in [0.25, 0.3) is 44.4 Å². The third kappa shape index (κ3) is 3.20. The van der Waals surface area contributed by atoms with E-state index < -0.39 is 0 Å². The Labute approximate surface area is 234 Å². The predicted octanol–water partition coefficient (Wildman–Crippen LogP) is 9.88. The van der Waals surface area contributed by atoms with Crippen LogP contribution in [0, 0.1) is 0 Å². The third-order valence-electron chi connectivity index (χ3n) is 8.64. The van der Waals surface area contributed by atoms with E-state index in [0.717, 1.165) is 22.2 Å². The molecule has 1 aliphatic carbocycles. The number of hydrogen-bond donors (Lipinski definition) is 0. The molecule has 0 saturated carbocycles. The van der Waals surface area contributed by atoms with Crippen LogP contribution in [0.4, 0.5) is 11.4 Å². The summed E-state index contributed by atoms with van der Waals surface area (Å²) >= 11 is 0. The van der Waals surface area contributed by atoms with E-state index in [2.05, 4.69) is 140 Å². The number of hydrogen-bond acceptors (Lipinski definition) is 2. The Hall–Kier alpha value is -4.95. The highest BCUT2D eigenvalue weighted by molar-refractivity contribution is 6.14. The third-order valence-corrected chi connectivity index (χ3v) is 8.64. The van der Waals surface area contributed by atoms with Crippen LogP contribution < -0.4 is 4.90 Å². The van der Waals surface area contributed by atoms with Crippen LogP contribution in [-0.4, -0.2) is 4.98 Å². The molecular formula is C38H28N2. The lowest BCUT2D eigenvalue weighted by Crippen LogP contribution is -2.18. The van der Waals surface area contributed by atoms with Crippen LogP contribution >= 0.6 is 0 Å². The van der Waals surface area contributed by atoms with Crippen molar-refractivity contribution in [2.24, 2.45) is 0 Å². The van der Waals surface area contributed by atoms with Crippen molar-refractivity contribution < 1.29 is 0 Å². The number of para-hydroxylation sites is 2. The van der Waals surface area contributed by atoms with Gasteiger partial charge in [0.1, 0.15) is 0 Å². The molecule has 0 fully saturated rings. The Balaban J connectivity index is 1.39. The highest BCUT2D eigenvalue weighted by Gasteiger charge is 2.43. The molecule has 2 aliphatic rings. The van der Waals surface area contributed by atoms with Gasteiger partial charge in [-0.2, -0.15) is 0 Å². The van der Waals surface area contributed by atoms with Crippen molar-refractivity contribution in [3.05, 3.63) is 150 Å². The van der Waals surface area contributed by atoms with Crippen LogP contribution in [0.15, 0.2) is 134 Å². The average molecular weight is 513 g/mol. The van der Waals surface area contributed by atoms with Crippen molar-refractivity contribution >= 4 is 33.5 Å². The van der Waals surface area contributed by atoms with E-state index in [-0.39, 0.29) is 5.41 Å². The zero-order valence-corrected chi connectivity index (χ0v) is 22.6. The summed E-state index contributed by atoms with van der Waals surface area (Å²) in [7, 11) is 0. The fourth-order valence-electron chi connectivity index (χ4n) is 6.84. The van der Waals surface area contributed by atoms with Gasteiger partial charge in [0, 0.05) is 39.4 Å². The lowest BCUT2D eigenvalue weighted by molar-refractivity contribution is 0.704. The topological polar surface area (TPSA) is 16.1 Å². The molecule has 5 aromatic carbocycles. The summed E-state index contributed by atoms with van der Waals surface area (Å²) in [5, 5.41) is 1.16. The highest BCUT2D eigenvalue weighted by atomic mass is 15.2. The zero-order chi connectivity index (χ0) is 26.8.